The molecule has 2 N–H and O–H groups in total. The molecule has 0 amide bonds. The molecule has 6 heteroatoms. The van der Waals surface area contributed by atoms with Gasteiger partial charge in [-0.15, -0.1) is 0 Å². The van der Waals surface area contributed by atoms with Crippen LogP contribution < -0.4 is 14.5 Å². The van der Waals surface area contributed by atoms with Crippen LogP contribution in [0.25, 0.3) is 0 Å². The van der Waals surface area contributed by atoms with Crippen LogP contribution >= 0.6 is 11.6 Å². The van der Waals surface area contributed by atoms with Crippen molar-refractivity contribution in [3.05, 3.63) is 95.0 Å². The van der Waals surface area contributed by atoms with Gasteiger partial charge in [-0.3, -0.25) is 4.79 Å². The highest BCUT2D eigenvalue weighted by Crippen LogP contribution is 2.19. The van der Waals surface area contributed by atoms with E-state index in [0.29, 0.717) is 23.4 Å². The number of hydrogen-bond donors (Lipinski definition) is 2. The SMILES string of the molecule is O=C(c1ccccc1)c1ccc(OC[C@@H](O)C[NH+]2CCN(c3cccc(Cl)c3)CC2)cc1. The third-order valence-electron chi connectivity index (χ3n) is 5.76. The number of ketones is 1. The van der Waals surface area contributed by atoms with Gasteiger partial charge in [0.2, 0.25) is 0 Å². The van der Waals surface area contributed by atoms with Crippen LogP contribution in [0.5, 0.6) is 5.75 Å². The zero-order valence-corrected chi connectivity index (χ0v) is 18.7. The second kappa shape index (κ2) is 10.6. The lowest BCUT2D eigenvalue weighted by Gasteiger charge is -2.34. The van der Waals surface area contributed by atoms with E-state index < -0.39 is 6.10 Å². The second-order valence-corrected chi connectivity index (χ2v) is 8.54. The molecule has 3 aromatic rings. The summed E-state index contributed by atoms with van der Waals surface area (Å²) in [4.78, 5) is 16.2. The third-order valence-corrected chi connectivity index (χ3v) is 6.00. The highest BCUT2D eigenvalue weighted by atomic mass is 35.5. The number of carbonyl (C=O) groups is 1. The Morgan fingerprint density at radius 2 is 1.66 bits per heavy atom. The fourth-order valence-electron chi connectivity index (χ4n) is 4.00. The number of rotatable bonds is 8. The van der Waals surface area contributed by atoms with Gasteiger partial charge >= 0.3 is 0 Å². The summed E-state index contributed by atoms with van der Waals surface area (Å²) in [7, 11) is 0. The largest absolute Gasteiger partial charge is 0.491 e. The first-order valence-corrected chi connectivity index (χ1v) is 11.3. The first-order valence-electron chi connectivity index (χ1n) is 10.9. The van der Waals surface area contributed by atoms with Crippen LogP contribution in [0.15, 0.2) is 78.9 Å². The number of carbonyl (C=O) groups excluding carboxylic acids is 1. The van der Waals surface area contributed by atoms with Crippen LogP contribution in [0.2, 0.25) is 5.02 Å². The van der Waals surface area contributed by atoms with E-state index in [4.69, 9.17) is 16.3 Å². The zero-order valence-electron chi connectivity index (χ0n) is 17.9. The number of anilines is 1. The van der Waals surface area contributed by atoms with Crippen LogP contribution in [0.4, 0.5) is 5.69 Å². The van der Waals surface area contributed by atoms with Gasteiger partial charge in [0.25, 0.3) is 0 Å². The summed E-state index contributed by atoms with van der Waals surface area (Å²) in [5.74, 6) is 0.632. The van der Waals surface area contributed by atoms with Gasteiger partial charge in [0.1, 0.15) is 25.0 Å². The molecule has 4 rings (SSSR count). The van der Waals surface area contributed by atoms with Crippen molar-refractivity contribution < 1.29 is 19.5 Å². The molecule has 32 heavy (non-hydrogen) atoms. The molecule has 1 aliphatic heterocycles. The van der Waals surface area contributed by atoms with E-state index in [0.717, 1.165) is 36.9 Å². The molecule has 5 nitrogen and oxygen atoms in total. The Labute approximate surface area is 193 Å². The van der Waals surface area contributed by atoms with Crippen molar-refractivity contribution in [2.24, 2.45) is 0 Å². The van der Waals surface area contributed by atoms with Gasteiger partial charge in [0.15, 0.2) is 5.78 Å². The first kappa shape index (κ1) is 22.3. The Bertz CT molecular complexity index is 1020. The molecule has 1 atom stereocenters. The predicted octanol–water partition coefficient (Wildman–Crippen LogP) is 2.72. The summed E-state index contributed by atoms with van der Waals surface area (Å²) < 4.78 is 5.75. The number of nitrogens with zero attached hydrogens (tertiary/aromatic N) is 1. The van der Waals surface area contributed by atoms with Crippen molar-refractivity contribution >= 4 is 23.1 Å². The lowest BCUT2D eigenvalue weighted by atomic mass is 10.0. The van der Waals surface area contributed by atoms with E-state index in [9.17, 15) is 9.90 Å². The molecule has 0 aromatic heterocycles. The first-order chi connectivity index (χ1) is 15.6. The van der Waals surface area contributed by atoms with Crippen molar-refractivity contribution in [1.82, 2.24) is 0 Å². The van der Waals surface area contributed by atoms with Crippen molar-refractivity contribution in [2.45, 2.75) is 6.10 Å². The Hall–Kier alpha value is -2.86. The van der Waals surface area contributed by atoms with Gasteiger partial charge in [-0.1, -0.05) is 48.0 Å². The smallest absolute Gasteiger partial charge is 0.193 e. The highest BCUT2D eigenvalue weighted by molar-refractivity contribution is 6.30. The predicted molar refractivity (Wildman–Crippen MR) is 127 cm³/mol. The fourth-order valence-corrected chi connectivity index (χ4v) is 4.19. The van der Waals surface area contributed by atoms with Gasteiger partial charge in [0, 0.05) is 21.8 Å². The minimum atomic E-state index is -0.548. The van der Waals surface area contributed by atoms with E-state index in [1.807, 2.05) is 36.4 Å². The Balaban J connectivity index is 1.21. The molecular weight excluding hydrogens is 424 g/mol. The molecule has 1 heterocycles. The summed E-state index contributed by atoms with van der Waals surface area (Å²) in [5.41, 5.74) is 2.43. The summed E-state index contributed by atoms with van der Waals surface area (Å²) in [6, 6.07) is 24.2. The molecule has 1 fully saturated rings. The number of piperazine rings is 1. The molecule has 1 aliphatic rings. The van der Waals surface area contributed by atoms with Gasteiger partial charge in [-0.05, 0) is 42.5 Å². The zero-order chi connectivity index (χ0) is 22.3. The van der Waals surface area contributed by atoms with Crippen LogP contribution in [0.1, 0.15) is 15.9 Å². The van der Waals surface area contributed by atoms with Gasteiger partial charge in [-0.25, -0.2) is 0 Å². The maximum absolute atomic E-state index is 12.5. The standard InChI is InChI=1S/C26H27ClN2O3/c27-22-7-4-8-23(17-22)29-15-13-28(14-16-29)18-24(30)19-32-25-11-9-21(10-12-25)26(31)20-5-2-1-3-6-20/h1-12,17,24,30H,13-16,18-19H2/p+1/t24-/m0/s1. The van der Waals surface area contributed by atoms with Crippen molar-refractivity contribution in [3.63, 3.8) is 0 Å². The molecule has 0 aliphatic carbocycles. The second-order valence-electron chi connectivity index (χ2n) is 8.11. The third kappa shape index (κ3) is 5.88. The van der Waals surface area contributed by atoms with Crippen molar-refractivity contribution in [3.8, 4) is 5.75 Å². The fraction of sp³-hybridized carbons (Fsp3) is 0.269. The molecular formula is C26H28ClN2O3+. The number of benzene rings is 3. The van der Waals surface area contributed by atoms with E-state index in [1.165, 1.54) is 4.90 Å². The monoisotopic (exact) mass is 451 g/mol. The molecule has 1 saturated heterocycles. The average molecular weight is 452 g/mol. The normalized spacial score (nSPS) is 15.4. The molecule has 0 bridgehead atoms. The topological polar surface area (TPSA) is 54.2 Å². The van der Waals surface area contributed by atoms with Gasteiger partial charge in [-0.2, -0.15) is 0 Å². The van der Waals surface area contributed by atoms with E-state index in [-0.39, 0.29) is 12.4 Å². The molecule has 0 radical (unpaired) electrons. The molecule has 0 spiro atoms. The van der Waals surface area contributed by atoms with Gasteiger partial charge < -0.3 is 19.6 Å². The Kier molecular flexibility index (Phi) is 7.43. The number of hydrogen-bond acceptors (Lipinski definition) is 4. The van der Waals surface area contributed by atoms with Crippen LogP contribution in [-0.4, -0.2) is 56.3 Å². The molecule has 166 valence electrons. The van der Waals surface area contributed by atoms with Crippen LogP contribution in [0, 0.1) is 0 Å². The number of ether oxygens (including phenoxy) is 1. The van der Waals surface area contributed by atoms with E-state index in [1.54, 1.807) is 36.4 Å². The van der Waals surface area contributed by atoms with Crippen molar-refractivity contribution in [1.29, 1.82) is 0 Å². The minimum Gasteiger partial charge on any atom is -0.491 e. The quantitative estimate of drug-likeness (QED) is 0.517. The summed E-state index contributed by atoms with van der Waals surface area (Å²) in [6.45, 7) is 4.65. The van der Waals surface area contributed by atoms with Crippen LogP contribution in [0.3, 0.4) is 0 Å². The number of quaternary nitrogens is 1. The summed E-state index contributed by atoms with van der Waals surface area (Å²) in [5, 5.41) is 11.2. The Morgan fingerprint density at radius 1 is 0.969 bits per heavy atom. The lowest BCUT2D eigenvalue weighted by Crippen LogP contribution is -3.16. The average Bonchev–Trinajstić information content (AvgIpc) is 2.84. The molecule has 0 unspecified atom stereocenters. The Morgan fingerprint density at radius 3 is 2.34 bits per heavy atom. The lowest BCUT2D eigenvalue weighted by molar-refractivity contribution is -0.903. The van der Waals surface area contributed by atoms with Crippen molar-refractivity contribution in [2.75, 3.05) is 44.2 Å². The number of nitrogens with one attached hydrogen (secondary N) is 1. The van der Waals surface area contributed by atoms with E-state index >= 15 is 0 Å². The molecule has 3 aromatic carbocycles. The molecule has 0 saturated carbocycles. The summed E-state index contributed by atoms with van der Waals surface area (Å²) in [6.07, 6.45) is -0.548. The maximum Gasteiger partial charge on any atom is 0.193 e. The number of halogens is 1. The maximum atomic E-state index is 12.5. The van der Waals surface area contributed by atoms with E-state index in [2.05, 4.69) is 11.0 Å². The van der Waals surface area contributed by atoms with Crippen LogP contribution in [-0.2, 0) is 0 Å². The summed E-state index contributed by atoms with van der Waals surface area (Å²) >= 11 is 6.10. The minimum absolute atomic E-state index is 0.0160. The highest BCUT2D eigenvalue weighted by Gasteiger charge is 2.23. The number of aliphatic hydroxyl groups is 1. The van der Waals surface area contributed by atoms with Gasteiger partial charge in [0.05, 0.1) is 26.2 Å². The number of aliphatic hydroxyl groups excluding tert-OH is 1.